The molecule has 6 heteroatoms. The van der Waals surface area contributed by atoms with E-state index in [9.17, 15) is 19.8 Å². The first-order valence-electron chi connectivity index (χ1n) is 7.43. The van der Waals surface area contributed by atoms with E-state index in [0.29, 0.717) is 19.5 Å². The average Bonchev–Trinajstić information content (AvgIpc) is 2.68. The van der Waals surface area contributed by atoms with Gasteiger partial charge >= 0.3 is 5.97 Å². The molecule has 0 aromatic heterocycles. The molecule has 1 heterocycles. The number of carbonyl (C=O) groups excluding carboxylic acids is 1. The number of likely N-dealkylation sites (tertiary alicyclic amines) is 1. The van der Waals surface area contributed by atoms with Crippen molar-refractivity contribution in [2.45, 2.75) is 45.8 Å². The van der Waals surface area contributed by atoms with Crippen LogP contribution in [0.3, 0.4) is 0 Å². The molecule has 1 saturated heterocycles. The van der Waals surface area contributed by atoms with E-state index in [-0.39, 0.29) is 24.3 Å². The van der Waals surface area contributed by atoms with Gasteiger partial charge in [-0.15, -0.1) is 0 Å². The maximum atomic E-state index is 12.5. The number of carbonyl (C=O) groups is 2. The van der Waals surface area contributed by atoms with Crippen LogP contribution in [0, 0.1) is 11.3 Å². The number of carboxylic acids is 1. The fraction of sp³-hybridized carbons (Fsp3) is 0.867. The molecular weight excluding hydrogens is 272 g/mol. The van der Waals surface area contributed by atoms with Gasteiger partial charge in [0.15, 0.2) is 0 Å². The third-order valence-corrected chi connectivity index (χ3v) is 4.57. The summed E-state index contributed by atoms with van der Waals surface area (Å²) in [5.41, 5.74) is -1.08. The van der Waals surface area contributed by atoms with E-state index >= 15 is 0 Å². The van der Waals surface area contributed by atoms with Crippen molar-refractivity contribution in [3.05, 3.63) is 0 Å². The number of aliphatic carboxylic acids is 1. The summed E-state index contributed by atoms with van der Waals surface area (Å²) in [5, 5.41) is 19.2. The van der Waals surface area contributed by atoms with E-state index in [4.69, 9.17) is 0 Å². The number of aliphatic hydroxyl groups is 1. The maximum Gasteiger partial charge on any atom is 0.310 e. The predicted octanol–water partition coefficient (Wildman–Crippen LogP) is 0.647. The zero-order valence-electron chi connectivity index (χ0n) is 13.7. The van der Waals surface area contributed by atoms with Gasteiger partial charge in [-0.25, -0.2) is 0 Å². The topological polar surface area (TPSA) is 81.1 Å². The van der Waals surface area contributed by atoms with Gasteiger partial charge in [0.25, 0.3) is 0 Å². The smallest absolute Gasteiger partial charge is 0.310 e. The minimum Gasteiger partial charge on any atom is -0.481 e. The van der Waals surface area contributed by atoms with Crippen LogP contribution in [0.5, 0.6) is 0 Å². The Bertz CT molecular complexity index is 397. The molecule has 1 aliphatic rings. The van der Waals surface area contributed by atoms with Crippen molar-refractivity contribution in [2.75, 3.05) is 27.2 Å². The van der Waals surface area contributed by atoms with Crippen LogP contribution in [-0.4, -0.2) is 71.2 Å². The van der Waals surface area contributed by atoms with Gasteiger partial charge in [0.05, 0.1) is 11.5 Å². The van der Waals surface area contributed by atoms with Crippen LogP contribution < -0.4 is 0 Å². The second-order valence-electron chi connectivity index (χ2n) is 6.91. The monoisotopic (exact) mass is 300 g/mol. The van der Waals surface area contributed by atoms with Crippen molar-refractivity contribution in [2.24, 2.45) is 11.3 Å². The van der Waals surface area contributed by atoms with Crippen LogP contribution in [-0.2, 0) is 9.59 Å². The number of likely N-dealkylation sites (N-methyl/N-ethyl adjacent to an activating group) is 1. The zero-order valence-corrected chi connectivity index (χ0v) is 13.7. The van der Waals surface area contributed by atoms with Gasteiger partial charge in [-0.3, -0.25) is 9.59 Å². The summed E-state index contributed by atoms with van der Waals surface area (Å²) in [7, 11) is 3.84. The fourth-order valence-corrected chi connectivity index (χ4v) is 2.73. The fourth-order valence-electron chi connectivity index (χ4n) is 2.73. The van der Waals surface area contributed by atoms with E-state index in [1.54, 1.807) is 11.8 Å². The lowest BCUT2D eigenvalue weighted by Crippen LogP contribution is -2.45. The third-order valence-electron chi connectivity index (χ3n) is 4.57. The van der Waals surface area contributed by atoms with Crippen LogP contribution in [0.15, 0.2) is 0 Å². The van der Waals surface area contributed by atoms with Gasteiger partial charge < -0.3 is 20.0 Å². The second-order valence-corrected chi connectivity index (χ2v) is 6.91. The summed E-state index contributed by atoms with van der Waals surface area (Å²) < 4.78 is 0. The summed E-state index contributed by atoms with van der Waals surface area (Å²) in [6.45, 7) is 6.22. The Morgan fingerprint density at radius 2 is 1.95 bits per heavy atom. The number of nitrogens with zero attached hydrogens (tertiary/aromatic N) is 2. The highest BCUT2D eigenvalue weighted by Gasteiger charge is 2.42. The lowest BCUT2D eigenvalue weighted by molar-refractivity contribution is -0.155. The molecule has 0 saturated carbocycles. The molecule has 1 rings (SSSR count). The highest BCUT2D eigenvalue weighted by atomic mass is 16.4. The van der Waals surface area contributed by atoms with E-state index in [2.05, 4.69) is 0 Å². The average molecular weight is 300 g/mol. The minimum absolute atomic E-state index is 0.0311. The predicted molar refractivity (Wildman–Crippen MR) is 79.9 cm³/mol. The number of amides is 1. The summed E-state index contributed by atoms with van der Waals surface area (Å²) >= 11 is 0. The summed E-state index contributed by atoms with van der Waals surface area (Å²) in [4.78, 5) is 27.7. The standard InChI is InChI=1S/C15H28N2O4/c1-10(2)15(3,14(20)21)7-13(19)17-9-12(18)6-11(17)8-16(4)5/h10-12,18H,6-9H2,1-5H3,(H,20,21). The number of aliphatic hydroxyl groups excluding tert-OH is 1. The van der Waals surface area contributed by atoms with E-state index in [0.717, 1.165) is 0 Å². The van der Waals surface area contributed by atoms with Gasteiger partial charge in [-0.05, 0) is 33.4 Å². The molecule has 122 valence electrons. The van der Waals surface area contributed by atoms with Crippen molar-refractivity contribution in [1.29, 1.82) is 0 Å². The van der Waals surface area contributed by atoms with Crippen molar-refractivity contribution in [3.63, 3.8) is 0 Å². The number of hydrogen-bond acceptors (Lipinski definition) is 4. The molecule has 0 spiro atoms. The Labute approximate surface area is 126 Å². The van der Waals surface area contributed by atoms with Crippen molar-refractivity contribution in [3.8, 4) is 0 Å². The summed E-state index contributed by atoms with van der Waals surface area (Å²) in [6, 6.07) is -0.0484. The number of hydrogen-bond donors (Lipinski definition) is 2. The number of rotatable bonds is 6. The van der Waals surface area contributed by atoms with E-state index < -0.39 is 17.5 Å². The molecule has 0 aromatic rings. The molecule has 21 heavy (non-hydrogen) atoms. The molecule has 1 fully saturated rings. The molecule has 0 aliphatic carbocycles. The van der Waals surface area contributed by atoms with Crippen LogP contribution in [0.1, 0.15) is 33.6 Å². The lowest BCUT2D eigenvalue weighted by atomic mass is 9.76. The Balaban J connectivity index is 2.83. The van der Waals surface area contributed by atoms with Crippen LogP contribution >= 0.6 is 0 Å². The maximum absolute atomic E-state index is 12.5. The molecule has 6 nitrogen and oxygen atoms in total. The summed E-state index contributed by atoms with van der Waals surface area (Å²) in [6.07, 6.45) is 0.000461. The van der Waals surface area contributed by atoms with Gasteiger partial charge in [0, 0.05) is 25.6 Å². The first-order chi connectivity index (χ1) is 9.57. The highest BCUT2D eigenvalue weighted by molar-refractivity contribution is 5.85. The molecule has 0 radical (unpaired) electrons. The lowest BCUT2D eigenvalue weighted by Gasteiger charge is -2.33. The van der Waals surface area contributed by atoms with Crippen molar-refractivity contribution in [1.82, 2.24) is 9.80 Å². The largest absolute Gasteiger partial charge is 0.481 e. The Morgan fingerprint density at radius 1 is 1.38 bits per heavy atom. The third kappa shape index (κ3) is 4.17. The summed E-state index contributed by atoms with van der Waals surface area (Å²) in [5.74, 6) is -1.27. The van der Waals surface area contributed by atoms with Crippen LogP contribution in [0.25, 0.3) is 0 Å². The Hall–Kier alpha value is -1.14. The van der Waals surface area contributed by atoms with E-state index in [1.807, 2.05) is 32.8 Å². The number of carboxylic acid groups (broad SMARTS) is 1. The second kappa shape index (κ2) is 6.75. The molecule has 0 bridgehead atoms. The van der Waals surface area contributed by atoms with Gasteiger partial charge in [-0.2, -0.15) is 0 Å². The molecule has 2 N–H and O–H groups in total. The first-order valence-corrected chi connectivity index (χ1v) is 7.43. The van der Waals surface area contributed by atoms with Crippen LogP contribution in [0.2, 0.25) is 0 Å². The van der Waals surface area contributed by atoms with Gasteiger partial charge in [-0.1, -0.05) is 13.8 Å². The van der Waals surface area contributed by atoms with Crippen molar-refractivity contribution >= 4 is 11.9 Å². The van der Waals surface area contributed by atoms with Gasteiger partial charge in [0.1, 0.15) is 0 Å². The molecule has 0 aromatic carbocycles. The molecule has 3 atom stereocenters. The SMILES string of the molecule is CC(C)C(C)(CC(=O)N1CC(O)CC1CN(C)C)C(=O)O. The first kappa shape index (κ1) is 17.9. The molecule has 3 unspecified atom stereocenters. The minimum atomic E-state index is -1.08. The number of β-amino-alcohol motifs (C(OH)–C–C–N with tert-alkyl or cyclic N) is 1. The highest BCUT2D eigenvalue weighted by Crippen LogP contribution is 2.33. The van der Waals surface area contributed by atoms with Gasteiger partial charge in [0.2, 0.25) is 5.91 Å². The molecule has 1 aliphatic heterocycles. The van der Waals surface area contributed by atoms with Crippen molar-refractivity contribution < 1.29 is 19.8 Å². The van der Waals surface area contributed by atoms with E-state index in [1.165, 1.54) is 0 Å². The zero-order chi connectivity index (χ0) is 16.4. The van der Waals surface area contributed by atoms with Crippen LogP contribution in [0.4, 0.5) is 0 Å². The molecule has 1 amide bonds. The molecular formula is C15H28N2O4. The Kier molecular flexibility index (Phi) is 5.75. The quantitative estimate of drug-likeness (QED) is 0.752. The Morgan fingerprint density at radius 3 is 2.38 bits per heavy atom. The normalized spacial score (nSPS) is 25.4.